The molecule has 0 aliphatic carbocycles. The van der Waals surface area contributed by atoms with Gasteiger partial charge in [-0.2, -0.15) is 0 Å². The van der Waals surface area contributed by atoms with Gasteiger partial charge in [-0.15, -0.1) is 0 Å². The molecule has 0 fully saturated rings. The number of nitrogens with zero attached hydrogens (tertiary/aromatic N) is 2. The molecular weight excluding hydrogens is 330 g/mol. The maximum absolute atomic E-state index is 12.5. The van der Waals surface area contributed by atoms with Gasteiger partial charge in [0.15, 0.2) is 6.10 Å². The van der Waals surface area contributed by atoms with Crippen molar-refractivity contribution < 1.29 is 17.9 Å². The van der Waals surface area contributed by atoms with Crippen LogP contribution >= 0.6 is 0 Å². The monoisotopic (exact) mass is 347 g/mol. The van der Waals surface area contributed by atoms with Gasteiger partial charge in [0.25, 0.3) is 5.91 Å². The Labute approximate surface area is 140 Å². The Morgan fingerprint density at radius 3 is 2.79 bits per heavy atom. The lowest BCUT2D eigenvalue weighted by Crippen LogP contribution is -2.42. The first-order valence-corrected chi connectivity index (χ1v) is 8.84. The number of anilines is 1. The molecule has 8 heteroatoms. The number of carbonyl (C=O) groups is 1. The second-order valence-electron chi connectivity index (χ2n) is 5.43. The summed E-state index contributed by atoms with van der Waals surface area (Å²) in [5.41, 5.74) is 1.04. The Morgan fingerprint density at radius 2 is 2.08 bits per heavy atom. The molecule has 3 rings (SSSR count). The first-order chi connectivity index (χ1) is 11.4. The largest absolute Gasteiger partial charge is 0.479 e. The van der Waals surface area contributed by atoms with Gasteiger partial charge in [-0.05, 0) is 37.3 Å². The van der Waals surface area contributed by atoms with Crippen molar-refractivity contribution >= 4 is 21.6 Å². The van der Waals surface area contributed by atoms with Crippen LogP contribution in [0.5, 0.6) is 5.75 Å². The van der Waals surface area contributed by atoms with E-state index in [1.807, 2.05) is 0 Å². The molecular formula is C16H17N3O4S. The second-order valence-corrected chi connectivity index (χ2v) is 7.20. The molecule has 7 nitrogen and oxygen atoms in total. The van der Waals surface area contributed by atoms with E-state index >= 15 is 0 Å². The minimum Gasteiger partial charge on any atom is -0.479 e. The number of ether oxygens (including phenoxy) is 1. The van der Waals surface area contributed by atoms with Crippen LogP contribution < -0.4 is 14.4 Å². The lowest BCUT2D eigenvalue weighted by atomic mass is 10.2. The molecule has 0 saturated carbocycles. The number of benzene rings is 1. The van der Waals surface area contributed by atoms with Crippen molar-refractivity contribution in [3.05, 3.63) is 48.3 Å². The highest BCUT2D eigenvalue weighted by atomic mass is 32.2. The Hall–Kier alpha value is -2.45. The van der Waals surface area contributed by atoms with Crippen molar-refractivity contribution in [1.82, 2.24) is 9.71 Å². The Morgan fingerprint density at radius 1 is 1.29 bits per heavy atom. The summed E-state index contributed by atoms with van der Waals surface area (Å²) in [4.78, 5) is 17.5. The molecule has 126 valence electrons. The van der Waals surface area contributed by atoms with Crippen molar-refractivity contribution in [1.29, 1.82) is 0 Å². The van der Waals surface area contributed by atoms with Gasteiger partial charge >= 0.3 is 0 Å². The van der Waals surface area contributed by atoms with Gasteiger partial charge in [0, 0.05) is 13.2 Å². The van der Waals surface area contributed by atoms with E-state index in [2.05, 4.69) is 9.71 Å². The third-order valence-electron chi connectivity index (χ3n) is 3.75. The molecule has 0 spiro atoms. The van der Waals surface area contributed by atoms with Crippen LogP contribution in [0.25, 0.3) is 0 Å². The zero-order valence-corrected chi connectivity index (χ0v) is 14.1. The zero-order chi connectivity index (χ0) is 17.3. The first-order valence-electron chi connectivity index (χ1n) is 7.36. The number of rotatable bonds is 4. The number of carbonyl (C=O) groups excluding carboxylic acids is 1. The fourth-order valence-corrected chi connectivity index (χ4v) is 3.43. The van der Waals surface area contributed by atoms with E-state index in [4.69, 9.17) is 4.74 Å². The number of hydrogen-bond donors (Lipinski definition) is 1. The van der Waals surface area contributed by atoms with E-state index in [1.165, 1.54) is 17.0 Å². The van der Waals surface area contributed by atoms with Crippen LogP contribution in [0.3, 0.4) is 0 Å². The molecule has 0 saturated heterocycles. The topological polar surface area (TPSA) is 88.6 Å². The summed E-state index contributed by atoms with van der Waals surface area (Å²) in [5.74, 6) is 0.256. The van der Waals surface area contributed by atoms with Gasteiger partial charge in [-0.3, -0.25) is 9.78 Å². The SMILES string of the molecule is CC1Oc2ccc(S(=O)(=O)NCc3ccccn3)cc2N(C)C1=O. The third kappa shape index (κ3) is 3.10. The predicted molar refractivity (Wildman–Crippen MR) is 88.2 cm³/mol. The van der Waals surface area contributed by atoms with E-state index < -0.39 is 16.1 Å². The number of aromatic nitrogens is 1. The molecule has 1 aromatic heterocycles. The summed E-state index contributed by atoms with van der Waals surface area (Å²) in [6, 6.07) is 9.72. The Kier molecular flexibility index (Phi) is 4.25. The van der Waals surface area contributed by atoms with Crippen LogP contribution in [-0.2, 0) is 21.4 Å². The average molecular weight is 347 g/mol. The molecule has 0 bridgehead atoms. The molecule has 1 atom stereocenters. The molecule has 2 heterocycles. The number of sulfonamides is 1. The molecule has 1 N–H and O–H groups in total. The maximum atomic E-state index is 12.5. The highest BCUT2D eigenvalue weighted by Crippen LogP contribution is 2.34. The summed E-state index contributed by atoms with van der Waals surface area (Å²) in [6.45, 7) is 1.74. The normalized spacial score (nSPS) is 17.3. The van der Waals surface area contributed by atoms with Gasteiger partial charge < -0.3 is 9.64 Å². The lowest BCUT2D eigenvalue weighted by molar-refractivity contribution is -0.125. The lowest BCUT2D eigenvalue weighted by Gasteiger charge is -2.30. The van der Waals surface area contributed by atoms with Gasteiger partial charge in [-0.25, -0.2) is 13.1 Å². The fourth-order valence-electron chi connectivity index (χ4n) is 2.41. The van der Waals surface area contributed by atoms with E-state index in [0.29, 0.717) is 17.1 Å². The van der Waals surface area contributed by atoms with E-state index in [-0.39, 0.29) is 17.3 Å². The standard InChI is InChI=1S/C16H17N3O4S/c1-11-16(20)19(2)14-9-13(6-7-15(14)23-11)24(21,22)18-10-12-5-3-4-8-17-12/h3-9,11,18H,10H2,1-2H3. The molecule has 1 aromatic carbocycles. The van der Waals surface area contributed by atoms with Crippen LogP contribution in [0.4, 0.5) is 5.69 Å². The number of hydrogen-bond acceptors (Lipinski definition) is 5. The molecule has 1 amide bonds. The van der Waals surface area contributed by atoms with Crippen LogP contribution in [0.1, 0.15) is 12.6 Å². The highest BCUT2D eigenvalue weighted by molar-refractivity contribution is 7.89. The minimum atomic E-state index is -3.73. The number of pyridine rings is 1. The number of nitrogens with one attached hydrogen (secondary N) is 1. The Bertz CT molecular complexity index is 868. The van der Waals surface area contributed by atoms with E-state index in [9.17, 15) is 13.2 Å². The van der Waals surface area contributed by atoms with Crippen molar-refractivity contribution in [2.75, 3.05) is 11.9 Å². The van der Waals surface area contributed by atoms with Crippen molar-refractivity contribution in [2.24, 2.45) is 0 Å². The molecule has 2 aromatic rings. The molecule has 1 unspecified atom stereocenters. The van der Waals surface area contributed by atoms with Gasteiger partial charge in [0.2, 0.25) is 10.0 Å². The number of likely N-dealkylation sites (N-methyl/N-ethyl adjacent to an activating group) is 1. The minimum absolute atomic E-state index is 0.0648. The first kappa shape index (κ1) is 16.4. The smallest absolute Gasteiger partial charge is 0.267 e. The molecule has 24 heavy (non-hydrogen) atoms. The van der Waals surface area contributed by atoms with E-state index in [1.54, 1.807) is 44.4 Å². The van der Waals surface area contributed by atoms with Gasteiger partial charge in [-0.1, -0.05) is 6.07 Å². The summed E-state index contributed by atoms with van der Waals surface area (Å²) in [7, 11) is -2.13. The van der Waals surface area contributed by atoms with E-state index in [0.717, 1.165) is 0 Å². The third-order valence-corrected chi connectivity index (χ3v) is 5.15. The highest BCUT2D eigenvalue weighted by Gasteiger charge is 2.30. The van der Waals surface area contributed by atoms with Crippen molar-refractivity contribution in [3.63, 3.8) is 0 Å². The Balaban J connectivity index is 1.85. The van der Waals surface area contributed by atoms with Gasteiger partial charge in [0.05, 0.1) is 22.8 Å². The average Bonchev–Trinajstić information content (AvgIpc) is 2.59. The second kappa shape index (κ2) is 6.21. The quantitative estimate of drug-likeness (QED) is 0.901. The number of fused-ring (bicyclic) bond motifs is 1. The van der Waals surface area contributed by atoms with Crippen LogP contribution in [0.2, 0.25) is 0 Å². The molecule has 0 radical (unpaired) electrons. The maximum Gasteiger partial charge on any atom is 0.267 e. The summed E-state index contributed by atoms with van der Waals surface area (Å²) in [6.07, 6.45) is 1.01. The summed E-state index contributed by atoms with van der Waals surface area (Å²) >= 11 is 0. The fraction of sp³-hybridized carbons (Fsp3) is 0.250. The van der Waals surface area contributed by atoms with Crippen LogP contribution in [0.15, 0.2) is 47.5 Å². The van der Waals surface area contributed by atoms with Gasteiger partial charge in [0.1, 0.15) is 5.75 Å². The van der Waals surface area contributed by atoms with Crippen molar-refractivity contribution in [2.45, 2.75) is 24.5 Å². The molecule has 1 aliphatic heterocycles. The predicted octanol–water partition coefficient (Wildman–Crippen LogP) is 1.30. The molecule has 1 aliphatic rings. The summed E-state index contributed by atoms with van der Waals surface area (Å²) in [5, 5.41) is 0. The van der Waals surface area contributed by atoms with Crippen molar-refractivity contribution in [3.8, 4) is 5.75 Å². The summed E-state index contributed by atoms with van der Waals surface area (Å²) < 4.78 is 32.9. The van der Waals surface area contributed by atoms with Crippen LogP contribution in [0, 0.1) is 0 Å². The number of amides is 1. The zero-order valence-electron chi connectivity index (χ0n) is 13.3. The van der Waals surface area contributed by atoms with Crippen LogP contribution in [-0.4, -0.2) is 32.5 Å².